The van der Waals surface area contributed by atoms with Crippen molar-refractivity contribution >= 4 is 17.3 Å². The molecule has 0 unspecified atom stereocenters. The Morgan fingerprint density at radius 3 is 2.62 bits per heavy atom. The van der Waals surface area contributed by atoms with Gasteiger partial charge in [-0.15, -0.1) is 0 Å². The van der Waals surface area contributed by atoms with Crippen LogP contribution in [0, 0.1) is 0 Å². The molecular formula is C18H26N4O2. The van der Waals surface area contributed by atoms with E-state index in [1.165, 1.54) is 18.5 Å². The second-order valence-corrected chi connectivity index (χ2v) is 6.77. The molecule has 0 bridgehead atoms. The maximum atomic E-state index is 12.3. The molecule has 0 saturated carbocycles. The average molecular weight is 330 g/mol. The van der Waals surface area contributed by atoms with Gasteiger partial charge in [0.2, 0.25) is 0 Å². The van der Waals surface area contributed by atoms with Crippen LogP contribution in [0.1, 0.15) is 12.8 Å². The van der Waals surface area contributed by atoms with Crippen LogP contribution in [0.2, 0.25) is 0 Å². The number of carbonyl (C=O) groups excluding carboxylic acids is 1. The van der Waals surface area contributed by atoms with Crippen molar-refractivity contribution in [1.29, 1.82) is 0 Å². The highest BCUT2D eigenvalue weighted by Gasteiger charge is 2.27. The minimum absolute atomic E-state index is 0.0663. The summed E-state index contributed by atoms with van der Waals surface area (Å²) in [6.07, 6.45) is 2.56. The number of nitrogens with zero attached hydrogens (tertiary/aromatic N) is 3. The fourth-order valence-corrected chi connectivity index (χ4v) is 3.81. The molecule has 3 aliphatic rings. The summed E-state index contributed by atoms with van der Waals surface area (Å²) in [4.78, 5) is 19.0. The van der Waals surface area contributed by atoms with E-state index in [1.807, 2.05) is 11.0 Å². The lowest BCUT2D eigenvalue weighted by Gasteiger charge is -2.33. The molecular weight excluding hydrogens is 304 g/mol. The maximum Gasteiger partial charge on any atom is 0.265 e. The van der Waals surface area contributed by atoms with Crippen LogP contribution in [-0.4, -0.2) is 69.8 Å². The Morgan fingerprint density at radius 1 is 1.04 bits per heavy atom. The second-order valence-electron chi connectivity index (χ2n) is 6.77. The number of nitrogens with one attached hydrogen (secondary N) is 1. The van der Waals surface area contributed by atoms with E-state index >= 15 is 0 Å². The molecule has 24 heavy (non-hydrogen) atoms. The number of amides is 1. The van der Waals surface area contributed by atoms with Gasteiger partial charge in [0.05, 0.1) is 5.69 Å². The van der Waals surface area contributed by atoms with Crippen molar-refractivity contribution < 1.29 is 9.53 Å². The molecule has 2 fully saturated rings. The molecule has 0 aliphatic carbocycles. The van der Waals surface area contributed by atoms with Crippen molar-refractivity contribution in [3.05, 3.63) is 18.2 Å². The van der Waals surface area contributed by atoms with Crippen molar-refractivity contribution in [1.82, 2.24) is 10.2 Å². The Balaban J connectivity index is 1.49. The number of ether oxygens (including phenoxy) is 1. The van der Waals surface area contributed by atoms with Gasteiger partial charge in [0.15, 0.2) is 6.61 Å². The molecule has 4 rings (SSSR count). The van der Waals surface area contributed by atoms with Crippen molar-refractivity contribution in [2.45, 2.75) is 12.8 Å². The van der Waals surface area contributed by atoms with Gasteiger partial charge in [-0.05, 0) is 38.1 Å². The van der Waals surface area contributed by atoms with E-state index in [9.17, 15) is 4.79 Å². The van der Waals surface area contributed by atoms with Crippen LogP contribution in [0.4, 0.5) is 11.4 Å². The number of rotatable bonds is 4. The van der Waals surface area contributed by atoms with Crippen molar-refractivity contribution in [3.63, 3.8) is 0 Å². The normalized spacial score (nSPS) is 21.8. The Bertz CT molecular complexity index is 595. The molecule has 6 heteroatoms. The first-order valence-corrected chi connectivity index (χ1v) is 9.06. The lowest BCUT2D eigenvalue weighted by atomic mass is 10.2. The Kier molecular flexibility index (Phi) is 4.58. The summed E-state index contributed by atoms with van der Waals surface area (Å²) in [5.74, 6) is 0.906. The molecule has 0 atom stereocenters. The molecule has 0 radical (unpaired) electrons. The molecule has 130 valence electrons. The SMILES string of the molecule is O=C1COc2cc(N3CCNCC3)ccc2N1CCN1CCCC1. The zero-order chi connectivity index (χ0) is 16.4. The van der Waals surface area contributed by atoms with Crippen LogP contribution in [0.25, 0.3) is 0 Å². The molecule has 0 spiro atoms. The minimum atomic E-state index is 0.0663. The van der Waals surface area contributed by atoms with Gasteiger partial charge in [0.1, 0.15) is 5.75 Å². The largest absolute Gasteiger partial charge is 0.481 e. The van der Waals surface area contributed by atoms with E-state index in [4.69, 9.17) is 4.74 Å². The molecule has 2 saturated heterocycles. The van der Waals surface area contributed by atoms with E-state index < -0.39 is 0 Å². The Hall–Kier alpha value is -1.79. The summed E-state index contributed by atoms with van der Waals surface area (Å²) in [6.45, 7) is 8.22. The van der Waals surface area contributed by atoms with Crippen molar-refractivity contribution in [2.24, 2.45) is 0 Å². The second kappa shape index (κ2) is 6.99. The van der Waals surface area contributed by atoms with Gasteiger partial charge >= 0.3 is 0 Å². The standard InChI is InChI=1S/C18H26N4O2/c23-18-14-24-17-13-15(21-9-5-19-6-10-21)3-4-16(17)22(18)12-11-20-7-1-2-8-20/h3-4,13,19H,1-2,5-12,14H2. The van der Waals surface area contributed by atoms with Crippen LogP contribution < -0.4 is 19.9 Å². The molecule has 0 aromatic heterocycles. The van der Waals surface area contributed by atoms with Crippen LogP contribution >= 0.6 is 0 Å². The van der Waals surface area contributed by atoms with E-state index in [0.29, 0.717) is 0 Å². The number of piperazine rings is 1. The van der Waals surface area contributed by atoms with Gasteiger partial charge < -0.3 is 24.8 Å². The Labute approximate surface area is 143 Å². The highest BCUT2D eigenvalue weighted by Crippen LogP contribution is 2.35. The zero-order valence-corrected chi connectivity index (χ0v) is 14.2. The molecule has 1 amide bonds. The van der Waals surface area contributed by atoms with Gasteiger partial charge in [-0.1, -0.05) is 0 Å². The first kappa shape index (κ1) is 15.7. The summed E-state index contributed by atoms with van der Waals surface area (Å²) in [5.41, 5.74) is 2.11. The van der Waals surface area contributed by atoms with Gasteiger partial charge in [-0.3, -0.25) is 4.79 Å². The number of anilines is 2. The molecule has 1 N–H and O–H groups in total. The third-order valence-corrected chi connectivity index (χ3v) is 5.21. The highest BCUT2D eigenvalue weighted by molar-refractivity contribution is 5.98. The Morgan fingerprint density at radius 2 is 1.83 bits per heavy atom. The molecule has 6 nitrogen and oxygen atoms in total. The van der Waals surface area contributed by atoms with Crippen molar-refractivity contribution in [3.8, 4) is 5.75 Å². The van der Waals surface area contributed by atoms with Crippen LogP contribution in [0.5, 0.6) is 5.75 Å². The first-order valence-electron chi connectivity index (χ1n) is 9.06. The average Bonchev–Trinajstić information content (AvgIpc) is 3.15. The van der Waals surface area contributed by atoms with Crippen LogP contribution in [-0.2, 0) is 4.79 Å². The van der Waals surface area contributed by atoms with E-state index in [0.717, 1.165) is 63.8 Å². The summed E-state index contributed by atoms with van der Waals surface area (Å²) in [7, 11) is 0. The number of fused-ring (bicyclic) bond motifs is 1. The number of carbonyl (C=O) groups is 1. The first-order chi connectivity index (χ1) is 11.8. The summed E-state index contributed by atoms with van der Waals surface area (Å²) in [6, 6.07) is 6.26. The number of benzene rings is 1. The van der Waals surface area contributed by atoms with Crippen LogP contribution in [0.3, 0.4) is 0 Å². The lowest BCUT2D eigenvalue weighted by molar-refractivity contribution is -0.121. The summed E-state index contributed by atoms with van der Waals surface area (Å²) in [5, 5.41) is 3.37. The number of likely N-dealkylation sites (tertiary alicyclic amines) is 1. The predicted molar refractivity (Wildman–Crippen MR) is 95.0 cm³/mol. The van der Waals surface area contributed by atoms with E-state index in [2.05, 4.69) is 27.2 Å². The van der Waals surface area contributed by atoms with Crippen LogP contribution in [0.15, 0.2) is 18.2 Å². The van der Waals surface area contributed by atoms with E-state index in [1.54, 1.807) is 0 Å². The molecule has 1 aromatic carbocycles. The fourth-order valence-electron chi connectivity index (χ4n) is 3.81. The third kappa shape index (κ3) is 3.21. The summed E-state index contributed by atoms with van der Waals surface area (Å²) < 4.78 is 5.72. The number of hydrogen-bond donors (Lipinski definition) is 1. The number of hydrogen-bond acceptors (Lipinski definition) is 5. The van der Waals surface area contributed by atoms with Gasteiger partial charge in [0, 0.05) is 51.0 Å². The minimum Gasteiger partial charge on any atom is -0.481 e. The van der Waals surface area contributed by atoms with E-state index in [-0.39, 0.29) is 12.5 Å². The quantitative estimate of drug-likeness (QED) is 0.890. The third-order valence-electron chi connectivity index (χ3n) is 5.21. The topological polar surface area (TPSA) is 48.1 Å². The molecule has 1 aromatic rings. The smallest absolute Gasteiger partial charge is 0.265 e. The monoisotopic (exact) mass is 330 g/mol. The zero-order valence-electron chi connectivity index (χ0n) is 14.2. The van der Waals surface area contributed by atoms with Gasteiger partial charge in [-0.25, -0.2) is 0 Å². The van der Waals surface area contributed by atoms with Crippen molar-refractivity contribution in [2.75, 3.05) is 68.8 Å². The fraction of sp³-hybridized carbons (Fsp3) is 0.611. The highest BCUT2D eigenvalue weighted by atomic mass is 16.5. The predicted octanol–water partition coefficient (Wildman–Crippen LogP) is 0.917. The summed E-state index contributed by atoms with van der Waals surface area (Å²) >= 11 is 0. The lowest BCUT2D eigenvalue weighted by Crippen LogP contribution is -2.44. The molecule has 3 aliphatic heterocycles. The van der Waals surface area contributed by atoms with Gasteiger partial charge in [-0.2, -0.15) is 0 Å². The maximum absolute atomic E-state index is 12.3. The van der Waals surface area contributed by atoms with Gasteiger partial charge in [0.25, 0.3) is 5.91 Å². The molecule has 3 heterocycles.